The Morgan fingerprint density at radius 3 is 2.22 bits per heavy atom. The number of nitrogens with zero attached hydrogens (tertiary/aromatic N) is 4. The summed E-state index contributed by atoms with van der Waals surface area (Å²) in [6, 6.07) is 22.5. The molecule has 4 aliphatic heterocycles. The number of rotatable bonds is 19. The molecule has 4 aromatic carbocycles. The van der Waals surface area contributed by atoms with Gasteiger partial charge in [-0.15, -0.1) is 0 Å². The third-order valence-electron chi connectivity index (χ3n) is 12.5. The normalized spacial score (nSPS) is 17.3. The topological polar surface area (TPSA) is 144 Å². The van der Waals surface area contributed by atoms with E-state index in [1.807, 2.05) is 87.3 Å². The van der Waals surface area contributed by atoms with Gasteiger partial charge in [0.05, 0.1) is 62.0 Å². The molecule has 4 aliphatic rings. The highest BCUT2D eigenvalue weighted by Gasteiger charge is 2.36. The Bertz CT molecular complexity index is 2590. The molecule has 14 nitrogen and oxygen atoms in total. The number of aliphatic imine (C=N–C) groups is 1. The Hall–Kier alpha value is -6.45. The summed E-state index contributed by atoms with van der Waals surface area (Å²) in [5, 5.41) is 6.54. The number of fused-ring (bicyclic) bond motifs is 4. The summed E-state index contributed by atoms with van der Waals surface area (Å²) in [7, 11) is 7.13. The third-order valence-corrected chi connectivity index (χ3v) is 13.8. The van der Waals surface area contributed by atoms with Crippen molar-refractivity contribution in [3.63, 3.8) is 0 Å². The van der Waals surface area contributed by atoms with Crippen LogP contribution < -0.4 is 34.3 Å². The van der Waals surface area contributed by atoms with Crippen molar-refractivity contribution in [2.24, 2.45) is 4.99 Å². The molecule has 0 aliphatic carbocycles. The molecular formula is C52H60N6O8S. The molecular weight excluding hydrogens is 869 g/mol. The Morgan fingerprint density at radius 2 is 1.51 bits per heavy atom. The van der Waals surface area contributed by atoms with Crippen molar-refractivity contribution in [1.82, 2.24) is 14.7 Å². The van der Waals surface area contributed by atoms with Gasteiger partial charge in [0.2, 0.25) is 5.91 Å². The second-order valence-corrected chi connectivity index (χ2v) is 19.4. The van der Waals surface area contributed by atoms with Crippen LogP contribution >= 0.6 is 11.8 Å². The second-order valence-electron chi connectivity index (χ2n) is 17.9. The molecule has 352 valence electrons. The first-order valence-corrected chi connectivity index (χ1v) is 23.9. The molecule has 0 fully saturated rings. The maximum Gasteiger partial charge on any atom is 0.260 e. The maximum absolute atomic E-state index is 14.1. The molecule has 2 atom stereocenters. The third kappa shape index (κ3) is 10.9. The zero-order chi connectivity index (χ0) is 47.2. The number of methoxy groups -OCH3 is 2. The molecule has 0 saturated carbocycles. The van der Waals surface area contributed by atoms with E-state index in [-0.39, 0.29) is 34.6 Å². The Kier molecular flexibility index (Phi) is 14.5. The summed E-state index contributed by atoms with van der Waals surface area (Å²) >= 11 is 1.76. The maximum atomic E-state index is 14.1. The second kappa shape index (κ2) is 20.6. The van der Waals surface area contributed by atoms with Crippen LogP contribution in [0.25, 0.3) is 11.1 Å². The van der Waals surface area contributed by atoms with Crippen LogP contribution in [-0.4, -0.2) is 123 Å². The highest BCUT2D eigenvalue weighted by Crippen LogP contribution is 2.42. The number of nitrogens with one attached hydrogen (secondary N) is 2. The number of anilines is 2. The van der Waals surface area contributed by atoms with Gasteiger partial charge in [-0.25, -0.2) is 0 Å². The summed E-state index contributed by atoms with van der Waals surface area (Å²) in [6.45, 7) is 6.87. The van der Waals surface area contributed by atoms with Gasteiger partial charge in [0.1, 0.15) is 12.4 Å². The molecule has 8 rings (SSSR count). The van der Waals surface area contributed by atoms with Crippen molar-refractivity contribution in [2.45, 2.75) is 62.8 Å². The predicted octanol–water partition coefficient (Wildman–Crippen LogP) is 9.01. The summed E-state index contributed by atoms with van der Waals surface area (Å²) in [6.07, 6.45) is 10.8. The van der Waals surface area contributed by atoms with Crippen LogP contribution in [0.5, 0.6) is 28.7 Å². The predicted molar refractivity (Wildman–Crippen MR) is 266 cm³/mol. The van der Waals surface area contributed by atoms with Crippen molar-refractivity contribution < 1.29 is 38.1 Å². The molecule has 4 aromatic rings. The average molecular weight is 929 g/mol. The van der Waals surface area contributed by atoms with Crippen LogP contribution in [0.4, 0.5) is 17.1 Å². The van der Waals surface area contributed by atoms with Gasteiger partial charge in [0.25, 0.3) is 11.8 Å². The Morgan fingerprint density at radius 1 is 0.821 bits per heavy atom. The molecule has 0 unspecified atom stereocenters. The standard InChI is InChI=1S/C52H60N6O8S/c1-52(2,67-7)17-16-49(59)55-37-11-8-10-34(22-37)36-24-39-30-54-44-28-48(46(63-6)26-42(44)51(61)58(39)32-36)66-20-9-19-65-47-27-43-41(25-45(47)62-5)50(60)57-31-35(23-38(57)29-53-43)33-12-14-40(15-13-33)64-21-18-56(3)4/h8,10-15,22,25-29,31-32,38-39,54H,9,16-21,23-24,30H2,1-7H3,(H,55,59)/t38-,39-/m0/s1. The van der Waals surface area contributed by atoms with Crippen molar-refractivity contribution in [2.75, 3.05) is 78.1 Å². The fourth-order valence-corrected chi connectivity index (χ4v) is 8.74. The van der Waals surface area contributed by atoms with E-state index in [0.717, 1.165) is 46.7 Å². The zero-order valence-electron chi connectivity index (χ0n) is 39.3. The van der Waals surface area contributed by atoms with Crippen LogP contribution in [0.15, 0.2) is 90.2 Å². The molecule has 0 saturated heterocycles. The summed E-state index contributed by atoms with van der Waals surface area (Å²) in [4.78, 5) is 51.1. The fourth-order valence-electron chi connectivity index (χ4n) is 8.43. The average Bonchev–Trinajstić information content (AvgIpc) is 3.91. The van der Waals surface area contributed by atoms with Crippen LogP contribution in [-0.2, 0) is 4.79 Å². The van der Waals surface area contributed by atoms with Crippen molar-refractivity contribution in [3.8, 4) is 28.7 Å². The van der Waals surface area contributed by atoms with Crippen LogP contribution in [0.1, 0.15) is 77.8 Å². The van der Waals surface area contributed by atoms with Gasteiger partial charge in [-0.3, -0.25) is 19.4 Å². The van der Waals surface area contributed by atoms with E-state index < -0.39 is 0 Å². The van der Waals surface area contributed by atoms with Gasteiger partial charge < -0.3 is 49.0 Å². The quantitative estimate of drug-likeness (QED) is 0.0870. The van der Waals surface area contributed by atoms with E-state index in [4.69, 9.17) is 28.7 Å². The van der Waals surface area contributed by atoms with Gasteiger partial charge in [-0.05, 0) is 91.9 Å². The number of hydrogen-bond donors (Lipinski definition) is 2. The molecule has 67 heavy (non-hydrogen) atoms. The van der Waals surface area contributed by atoms with Crippen molar-refractivity contribution in [1.29, 1.82) is 0 Å². The molecule has 0 aromatic heterocycles. The van der Waals surface area contributed by atoms with Gasteiger partial charge in [-0.1, -0.05) is 38.1 Å². The van der Waals surface area contributed by atoms with Crippen LogP contribution in [0.3, 0.4) is 0 Å². The number of thioether (sulfide) groups is 1. The van der Waals surface area contributed by atoms with E-state index in [2.05, 4.69) is 35.6 Å². The number of likely N-dealkylation sites (N-methyl/N-ethyl adjacent to an activating group) is 1. The van der Waals surface area contributed by atoms with Gasteiger partial charge in [0, 0.05) is 73.5 Å². The number of benzene rings is 4. The van der Waals surface area contributed by atoms with Crippen LogP contribution in [0.2, 0.25) is 0 Å². The van der Waals surface area contributed by atoms with Crippen molar-refractivity contribution >= 4 is 63.9 Å². The molecule has 4 heterocycles. The lowest BCUT2D eigenvalue weighted by atomic mass is 10.0. The largest absolute Gasteiger partial charge is 0.493 e. The number of ether oxygens (including phenoxy) is 5. The lowest BCUT2D eigenvalue weighted by molar-refractivity contribution is -0.116. The molecule has 2 N–H and O–H groups in total. The molecule has 0 bridgehead atoms. The lowest BCUT2D eigenvalue weighted by Crippen LogP contribution is -2.34. The lowest BCUT2D eigenvalue weighted by Gasteiger charge is -2.21. The minimum Gasteiger partial charge on any atom is -0.493 e. The van der Waals surface area contributed by atoms with E-state index in [1.54, 1.807) is 54.0 Å². The fraction of sp³-hybridized carbons (Fsp3) is 0.385. The Labute approximate surface area is 397 Å². The first kappa shape index (κ1) is 47.1. The highest BCUT2D eigenvalue weighted by atomic mass is 32.2. The summed E-state index contributed by atoms with van der Waals surface area (Å²) < 4.78 is 29.7. The molecule has 15 heteroatoms. The first-order valence-electron chi connectivity index (χ1n) is 22.7. The smallest absolute Gasteiger partial charge is 0.260 e. The molecule has 3 amide bonds. The summed E-state index contributed by atoms with van der Waals surface area (Å²) in [5.74, 6) is 2.35. The SMILES string of the molecule is COc1cc2c(cc1OCCCOc1cc3c(cc1OC)C(=O)N1C=C(c4cccc(NC(=O)CCC(C)(C)SC)c4)C[C@H]1CN3)N=C[C@@H]1CC(c3ccc(OCCN(C)C)cc3)=CN1C2=O. The number of hydrogen-bond acceptors (Lipinski definition) is 12. The minimum atomic E-state index is -0.220. The molecule has 0 spiro atoms. The van der Waals surface area contributed by atoms with Gasteiger partial charge >= 0.3 is 0 Å². The minimum absolute atomic E-state index is 0.0127. The number of amides is 3. The van der Waals surface area contributed by atoms with E-state index in [9.17, 15) is 14.4 Å². The monoisotopic (exact) mass is 928 g/mol. The number of carbonyl (C=O) groups is 3. The Balaban J connectivity index is 0.862. The number of carbonyl (C=O) groups excluding carboxylic acids is 3. The van der Waals surface area contributed by atoms with Gasteiger partial charge in [-0.2, -0.15) is 11.8 Å². The zero-order valence-corrected chi connectivity index (χ0v) is 40.2. The van der Waals surface area contributed by atoms with E-state index >= 15 is 0 Å². The highest BCUT2D eigenvalue weighted by molar-refractivity contribution is 7.99. The van der Waals surface area contributed by atoms with Crippen LogP contribution in [0, 0.1) is 0 Å². The van der Waals surface area contributed by atoms with E-state index in [0.29, 0.717) is 97.5 Å². The van der Waals surface area contributed by atoms with E-state index in [1.165, 1.54) is 0 Å². The van der Waals surface area contributed by atoms with Gasteiger partial charge in [0.15, 0.2) is 23.0 Å². The first-order chi connectivity index (χ1) is 32.3. The van der Waals surface area contributed by atoms with Crippen molar-refractivity contribution in [3.05, 3.63) is 107 Å². The molecule has 0 radical (unpaired) electrons. The summed E-state index contributed by atoms with van der Waals surface area (Å²) in [5.41, 5.74) is 6.91.